The second kappa shape index (κ2) is 8.00. The Morgan fingerprint density at radius 3 is 2.75 bits per heavy atom. The number of nitrogens with one attached hydrogen (secondary N) is 2. The van der Waals surface area contributed by atoms with Crippen molar-refractivity contribution in [1.29, 1.82) is 0 Å². The number of nitrogens with two attached hydrogens (primary N) is 1. The fourth-order valence-corrected chi connectivity index (χ4v) is 4.53. The maximum atomic E-state index is 11.9. The Labute approximate surface area is 186 Å². The van der Waals surface area contributed by atoms with Gasteiger partial charge in [0, 0.05) is 36.8 Å². The lowest BCUT2D eigenvalue weighted by Crippen LogP contribution is -2.27. The lowest BCUT2D eigenvalue weighted by atomic mass is 10.0. The summed E-state index contributed by atoms with van der Waals surface area (Å²) in [6, 6.07) is 15.8. The first-order chi connectivity index (χ1) is 15.5. The molecule has 0 fully saturated rings. The predicted molar refractivity (Wildman–Crippen MR) is 128 cm³/mol. The number of primary amides is 1. The highest BCUT2D eigenvalue weighted by atomic mass is 16.1. The summed E-state index contributed by atoms with van der Waals surface area (Å²) in [5.41, 5.74) is 11.9. The van der Waals surface area contributed by atoms with E-state index in [0.29, 0.717) is 17.9 Å². The van der Waals surface area contributed by atoms with E-state index in [1.54, 1.807) is 6.07 Å². The zero-order valence-corrected chi connectivity index (χ0v) is 18.3. The molecule has 4 N–H and O–H groups in total. The molecule has 0 saturated carbocycles. The number of para-hydroxylation sites is 1. The molecule has 1 amide bonds. The van der Waals surface area contributed by atoms with Crippen molar-refractivity contribution in [2.45, 2.75) is 26.3 Å². The van der Waals surface area contributed by atoms with Gasteiger partial charge in [0.1, 0.15) is 5.69 Å². The van der Waals surface area contributed by atoms with Crippen LogP contribution in [0.1, 0.15) is 33.7 Å². The fourth-order valence-electron chi connectivity index (χ4n) is 4.53. The van der Waals surface area contributed by atoms with Gasteiger partial charge in [0.2, 0.25) is 0 Å². The Morgan fingerprint density at radius 2 is 1.97 bits per heavy atom. The van der Waals surface area contributed by atoms with Gasteiger partial charge in [-0.2, -0.15) is 0 Å². The van der Waals surface area contributed by atoms with Gasteiger partial charge < -0.3 is 20.9 Å². The van der Waals surface area contributed by atoms with Crippen molar-refractivity contribution in [1.82, 2.24) is 15.0 Å². The molecule has 162 valence electrons. The van der Waals surface area contributed by atoms with E-state index in [0.717, 1.165) is 58.7 Å². The summed E-state index contributed by atoms with van der Waals surface area (Å²) < 4.78 is 0. The van der Waals surface area contributed by atoms with Crippen LogP contribution in [0, 0.1) is 6.92 Å². The standard InChI is InChI=1S/C25H26N6O/c1-15-20(17-10-6-11-18(23(26)32)21(17)28-15)24-29-19-12-7-13-31(2)22(19)25(30-24)27-14-16-8-4-3-5-9-16/h3-6,8-11,28H,7,12-14H2,1-2H3,(H2,26,32)(H,27,29,30). The summed E-state index contributed by atoms with van der Waals surface area (Å²) in [5, 5.41) is 4.44. The molecular formula is C25H26N6O. The van der Waals surface area contributed by atoms with Gasteiger partial charge in [0.25, 0.3) is 5.91 Å². The van der Waals surface area contributed by atoms with Crippen LogP contribution in [0.2, 0.25) is 0 Å². The Kier molecular flexibility index (Phi) is 5.01. The molecular weight excluding hydrogens is 400 g/mol. The van der Waals surface area contributed by atoms with Crippen LogP contribution in [-0.4, -0.2) is 34.5 Å². The Bertz CT molecular complexity index is 1310. The van der Waals surface area contributed by atoms with Gasteiger partial charge in [0.15, 0.2) is 11.6 Å². The molecule has 3 heterocycles. The summed E-state index contributed by atoms with van der Waals surface area (Å²) in [7, 11) is 2.09. The molecule has 0 spiro atoms. The zero-order valence-electron chi connectivity index (χ0n) is 18.3. The van der Waals surface area contributed by atoms with Crippen molar-refractivity contribution in [2.24, 2.45) is 5.73 Å². The first-order valence-electron chi connectivity index (χ1n) is 10.8. The van der Waals surface area contributed by atoms with Gasteiger partial charge in [-0.1, -0.05) is 42.5 Å². The number of carbonyl (C=O) groups is 1. The topological polar surface area (TPSA) is 99.9 Å². The number of benzene rings is 2. The van der Waals surface area contributed by atoms with Crippen LogP contribution >= 0.6 is 0 Å². The van der Waals surface area contributed by atoms with Crippen LogP contribution < -0.4 is 16.0 Å². The number of H-pyrrole nitrogens is 1. The molecule has 2 aromatic heterocycles. The third-order valence-electron chi connectivity index (χ3n) is 6.06. The van der Waals surface area contributed by atoms with Crippen molar-refractivity contribution in [2.75, 3.05) is 23.8 Å². The van der Waals surface area contributed by atoms with E-state index >= 15 is 0 Å². The molecule has 32 heavy (non-hydrogen) atoms. The van der Waals surface area contributed by atoms with Crippen LogP contribution in [0.15, 0.2) is 48.5 Å². The van der Waals surface area contributed by atoms with Crippen LogP contribution in [0.5, 0.6) is 0 Å². The lowest BCUT2D eigenvalue weighted by molar-refractivity contribution is 0.100. The molecule has 7 nitrogen and oxygen atoms in total. The normalized spacial score (nSPS) is 13.2. The summed E-state index contributed by atoms with van der Waals surface area (Å²) in [4.78, 5) is 27.4. The Balaban J connectivity index is 1.65. The van der Waals surface area contributed by atoms with E-state index in [-0.39, 0.29) is 0 Å². The molecule has 2 aromatic carbocycles. The number of carbonyl (C=O) groups excluding carboxylic acids is 1. The smallest absolute Gasteiger partial charge is 0.250 e. The molecule has 1 aliphatic rings. The summed E-state index contributed by atoms with van der Waals surface area (Å²) in [5.74, 6) is 1.03. The second-order valence-corrected chi connectivity index (χ2v) is 8.27. The molecule has 4 aromatic rings. The van der Waals surface area contributed by atoms with Gasteiger partial charge in [-0.3, -0.25) is 4.79 Å². The Hall–Kier alpha value is -3.87. The lowest BCUT2D eigenvalue weighted by Gasteiger charge is -2.29. The van der Waals surface area contributed by atoms with Gasteiger partial charge >= 0.3 is 0 Å². The largest absolute Gasteiger partial charge is 0.370 e. The zero-order chi connectivity index (χ0) is 22.2. The fraction of sp³-hybridized carbons (Fsp3) is 0.240. The summed E-state index contributed by atoms with van der Waals surface area (Å²) >= 11 is 0. The molecule has 7 heteroatoms. The van der Waals surface area contributed by atoms with E-state index in [2.05, 4.69) is 34.4 Å². The monoisotopic (exact) mass is 426 g/mol. The van der Waals surface area contributed by atoms with Gasteiger partial charge in [0.05, 0.1) is 16.8 Å². The predicted octanol–water partition coefficient (Wildman–Crippen LogP) is 4.03. The van der Waals surface area contributed by atoms with E-state index in [1.807, 2.05) is 37.3 Å². The van der Waals surface area contributed by atoms with Gasteiger partial charge in [-0.05, 0) is 31.4 Å². The van der Waals surface area contributed by atoms with Crippen molar-refractivity contribution < 1.29 is 4.79 Å². The number of anilines is 2. The molecule has 0 atom stereocenters. The maximum absolute atomic E-state index is 11.9. The van der Waals surface area contributed by atoms with Crippen molar-refractivity contribution in [3.05, 3.63) is 71.0 Å². The quantitative estimate of drug-likeness (QED) is 0.447. The number of amides is 1. The van der Waals surface area contributed by atoms with Crippen molar-refractivity contribution in [3.63, 3.8) is 0 Å². The number of aromatic amines is 1. The number of hydrogen-bond donors (Lipinski definition) is 3. The van der Waals surface area contributed by atoms with Gasteiger partial charge in [-0.15, -0.1) is 0 Å². The van der Waals surface area contributed by atoms with Crippen molar-refractivity contribution >= 4 is 28.3 Å². The van der Waals surface area contributed by atoms with Crippen molar-refractivity contribution in [3.8, 4) is 11.4 Å². The highest BCUT2D eigenvalue weighted by Gasteiger charge is 2.24. The minimum Gasteiger partial charge on any atom is -0.370 e. The SMILES string of the molecule is Cc1[nH]c2c(C(N)=O)cccc2c1-c1nc2c(c(NCc3ccccc3)n1)N(C)CCC2. The number of hydrogen-bond acceptors (Lipinski definition) is 5. The maximum Gasteiger partial charge on any atom is 0.250 e. The third-order valence-corrected chi connectivity index (χ3v) is 6.06. The number of nitrogens with zero attached hydrogens (tertiary/aromatic N) is 3. The Morgan fingerprint density at radius 1 is 1.16 bits per heavy atom. The molecule has 0 radical (unpaired) electrons. The second-order valence-electron chi connectivity index (χ2n) is 8.27. The minimum atomic E-state index is -0.457. The molecule has 0 saturated heterocycles. The highest BCUT2D eigenvalue weighted by molar-refractivity contribution is 6.09. The molecule has 5 rings (SSSR count). The number of aromatic nitrogens is 3. The number of fused-ring (bicyclic) bond motifs is 2. The average Bonchev–Trinajstić information content (AvgIpc) is 3.13. The van der Waals surface area contributed by atoms with E-state index in [4.69, 9.17) is 15.7 Å². The van der Waals surface area contributed by atoms with Gasteiger partial charge in [-0.25, -0.2) is 9.97 Å². The number of rotatable bonds is 5. The molecule has 0 unspecified atom stereocenters. The van der Waals surface area contributed by atoms with Crippen LogP contribution in [0.4, 0.5) is 11.5 Å². The van der Waals surface area contributed by atoms with E-state index in [1.165, 1.54) is 5.56 Å². The first-order valence-corrected chi connectivity index (χ1v) is 10.8. The molecule has 0 bridgehead atoms. The summed E-state index contributed by atoms with van der Waals surface area (Å²) in [6.45, 7) is 3.63. The van der Waals surface area contributed by atoms with E-state index in [9.17, 15) is 4.79 Å². The van der Waals surface area contributed by atoms with Crippen LogP contribution in [-0.2, 0) is 13.0 Å². The molecule has 0 aliphatic carbocycles. The summed E-state index contributed by atoms with van der Waals surface area (Å²) in [6.07, 6.45) is 1.96. The average molecular weight is 427 g/mol. The van der Waals surface area contributed by atoms with E-state index < -0.39 is 5.91 Å². The number of aryl methyl sites for hydroxylation is 2. The molecule has 1 aliphatic heterocycles. The first kappa shape index (κ1) is 20.1. The van der Waals surface area contributed by atoms with Crippen LogP contribution in [0.3, 0.4) is 0 Å². The highest BCUT2D eigenvalue weighted by Crippen LogP contribution is 2.37. The van der Waals surface area contributed by atoms with Crippen LogP contribution in [0.25, 0.3) is 22.3 Å². The minimum absolute atomic E-state index is 0.457. The third kappa shape index (κ3) is 3.45.